The third-order valence-electron chi connectivity index (χ3n) is 2.75. The van der Waals surface area contributed by atoms with Crippen molar-refractivity contribution in [2.24, 2.45) is 0 Å². The van der Waals surface area contributed by atoms with E-state index in [0.29, 0.717) is 0 Å². The fraction of sp³-hybridized carbons (Fsp3) is 0.833. The molecule has 0 aromatic heterocycles. The van der Waals surface area contributed by atoms with Crippen LogP contribution in [-0.4, -0.2) is 14.5 Å². The summed E-state index contributed by atoms with van der Waals surface area (Å²) in [6.07, 6.45) is 4.70. The third-order valence-corrected chi connectivity index (χ3v) is 4.48. The van der Waals surface area contributed by atoms with Gasteiger partial charge in [0, 0.05) is 5.54 Å². The summed E-state index contributed by atoms with van der Waals surface area (Å²) in [5.41, 5.74) is -0.0557. The molecule has 0 bridgehead atoms. The molecular weight excluding hydrogens is 206 g/mol. The van der Waals surface area contributed by atoms with E-state index in [4.69, 9.17) is 0 Å². The Bertz CT molecular complexity index is 226. The molecule has 0 saturated carbocycles. The molecule has 0 fully saturated rings. The summed E-state index contributed by atoms with van der Waals surface area (Å²) in [7, 11) is -1.01. The van der Waals surface area contributed by atoms with Crippen LogP contribution in [-0.2, 0) is 11.0 Å². The zero-order chi connectivity index (χ0) is 12.1. The van der Waals surface area contributed by atoms with E-state index in [-0.39, 0.29) is 10.3 Å². The Balaban J connectivity index is 4.68. The molecule has 90 valence electrons. The highest BCUT2D eigenvalue weighted by molar-refractivity contribution is 7.84. The van der Waals surface area contributed by atoms with Gasteiger partial charge in [0.25, 0.3) is 0 Å². The Morgan fingerprint density at radius 3 is 2.00 bits per heavy atom. The number of hydrogen-bond donors (Lipinski definition) is 1. The lowest BCUT2D eigenvalue weighted by atomic mass is 9.90. The molecule has 0 aliphatic heterocycles. The van der Waals surface area contributed by atoms with Gasteiger partial charge in [-0.15, -0.1) is 6.58 Å². The highest BCUT2D eigenvalue weighted by atomic mass is 32.2. The van der Waals surface area contributed by atoms with Gasteiger partial charge in [0.05, 0.1) is 15.7 Å². The van der Waals surface area contributed by atoms with Crippen molar-refractivity contribution < 1.29 is 4.21 Å². The first-order valence-corrected chi connectivity index (χ1v) is 6.77. The minimum atomic E-state index is -1.01. The van der Waals surface area contributed by atoms with Crippen molar-refractivity contribution in [1.82, 2.24) is 4.72 Å². The molecule has 15 heavy (non-hydrogen) atoms. The maximum atomic E-state index is 12.0. The van der Waals surface area contributed by atoms with Crippen LogP contribution in [0, 0.1) is 0 Å². The smallest absolute Gasteiger partial charge is 0.0975 e. The van der Waals surface area contributed by atoms with Gasteiger partial charge < -0.3 is 0 Å². The molecule has 0 aromatic carbocycles. The molecule has 1 N–H and O–H groups in total. The van der Waals surface area contributed by atoms with Gasteiger partial charge in [-0.1, -0.05) is 19.9 Å². The van der Waals surface area contributed by atoms with Crippen LogP contribution in [0.5, 0.6) is 0 Å². The van der Waals surface area contributed by atoms with Gasteiger partial charge in [-0.3, -0.25) is 0 Å². The normalized spacial score (nSPS) is 15.0. The minimum absolute atomic E-state index is 0.0557. The van der Waals surface area contributed by atoms with E-state index in [1.807, 2.05) is 26.8 Å². The predicted octanol–water partition coefficient (Wildman–Crippen LogP) is 3.17. The zero-order valence-electron chi connectivity index (χ0n) is 10.7. The quantitative estimate of drug-likeness (QED) is 0.699. The van der Waals surface area contributed by atoms with E-state index >= 15 is 0 Å². The van der Waals surface area contributed by atoms with E-state index in [9.17, 15) is 4.21 Å². The van der Waals surface area contributed by atoms with Crippen molar-refractivity contribution in [1.29, 1.82) is 0 Å². The molecule has 3 heteroatoms. The lowest BCUT2D eigenvalue weighted by Gasteiger charge is -2.34. The predicted molar refractivity (Wildman–Crippen MR) is 69.2 cm³/mol. The molecule has 0 spiro atoms. The molecule has 0 rings (SSSR count). The standard InChI is InChI=1S/C12H25NOS/c1-7-10-12(8-2,9-3)13-15(14)11(4,5)6/h7,13H,1,8-10H2,2-6H3. The summed E-state index contributed by atoms with van der Waals surface area (Å²) in [5, 5.41) is 0. The molecule has 1 unspecified atom stereocenters. The molecule has 0 aromatic rings. The maximum Gasteiger partial charge on any atom is 0.0975 e. The second-order valence-electron chi connectivity index (χ2n) is 4.96. The highest BCUT2D eigenvalue weighted by Crippen LogP contribution is 2.23. The second kappa shape index (κ2) is 5.80. The number of nitrogens with one attached hydrogen (secondary N) is 1. The Morgan fingerprint density at radius 1 is 1.27 bits per heavy atom. The van der Waals surface area contributed by atoms with Crippen LogP contribution < -0.4 is 4.72 Å². The summed E-state index contributed by atoms with van der Waals surface area (Å²) in [6, 6.07) is 0. The molecule has 0 amide bonds. The first-order chi connectivity index (χ1) is 6.81. The monoisotopic (exact) mass is 231 g/mol. The lowest BCUT2D eigenvalue weighted by Crippen LogP contribution is -2.49. The average molecular weight is 231 g/mol. The van der Waals surface area contributed by atoms with Crippen LogP contribution in [0.15, 0.2) is 12.7 Å². The highest BCUT2D eigenvalue weighted by Gasteiger charge is 2.30. The fourth-order valence-corrected chi connectivity index (χ4v) is 2.42. The summed E-state index contributed by atoms with van der Waals surface area (Å²) >= 11 is 0. The van der Waals surface area contributed by atoms with Gasteiger partial charge in [-0.25, -0.2) is 8.93 Å². The van der Waals surface area contributed by atoms with Crippen molar-refractivity contribution in [3.05, 3.63) is 12.7 Å². The number of hydrogen-bond acceptors (Lipinski definition) is 1. The van der Waals surface area contributed by atoms with Crippen LogP contribution in [0.1, 0.15) is 53.9 Å². The second-order valence-corrected chi connectivity index (χ2v) is 6.93. The molecule has 0 aliphatic rings. The van der Waals surface area contributed by atoms with Crippen molar-refractivity contribution in [3.63, 3.8) is 0 Å². The molecule has 1 atom stereocenters. The first-order valence-electron chi connectivity index (χ1n) is 5.62. The van der Waals surface area contributed by atoms with Crippen LogP contribution in [0.2, 0.25) is 0 Å². The van der Waals surface area contributed by atoms with Gasteiger partial charge in [-0.05, 0) is 40.0 Å². The van der Waals surface area contributed by atoms with E-state index in [1.54, 1.807) is 0 Å². The molecule has 0 heterocycles. The maximum absolute atomic E-state index is 12.0. The summed E-state index contributed by atoms with van der Waals surface area (Å²) in [4.78, 5) is 0. The van der Waals surface area contributed by atoms with E-state index in [0.717, 1.165) is 19.3 Å². The van der Waals surface area contributed by atoms with Crippen molar-refractivity contribution in [2.75, 3.05) is 0 Å². The van der Waals surface area contributed by atoms with E-state index in [2.05, 4.69) is 25.1 Å². The number of rotatable bonds is 6. The van der Waals surface area contributed by atoms with Gasteiger partial charge >= 0.3 is 0 Å². The Morgan fingerprint density at radius 2 is 1.73 bits per heavy atom. The molecule has 0 saturated heterocycles. The topological polar surface area (TPSA) is 29.1 Å². The average Bonchev–Trinajstić information content (AvgIpc) is 2.15. The molecule has 0 radical (unpaired) electrons. The van der Waals surface area contributed by atoms with Gasteiger partial charge in [0.15, 0.2) is 0 Å². The molecule has 0 aliphatic carbocycles. The third kappa shape index (κ3) is 4.47. The van der Waals surface area contributed by atoms with Crippen molar-refractivity contribution in [3.8, 4) is 0 Å². The van der Waals surface area contributed by atoms with Crippen LogP contribution in [0.25, 0.3) is 0 Å². The van der Waals surface area contributed by atoms with E-state index in [1.165, 1.54) is 0 Å². The Hall–Kier alpha value is -0.150. The van der Waals surface area contributed by atoms with Crippen molar-refractivity contribution >= 4 is 11.0 Å². The molecular formula is C12H25NOS. The SMILES string of the molecule is C=CCC(CC)(CC)NS(=O)C(C)(C)C. The van der Waals surface area contributed by atoms with Gasteiger partial charge in [0.2, 0.25) is 0 Å². The largest absolute Gasteiger partial charge is 0.242 e. The van der Waals surface area contributed by atoms with E-state index < -0.39 is 11.0 Å². The minimum Gasteiger partial charge on any atom is -0.242 e. The van der Waals surface area contributed by atoms with Crippen LogP contribution in [0.4, 0.5) is 0 Å². The Labute approximate surface area is 97.1 Å². The molecule has 2 nitrogen and oxygen atoms in total. The van der Waals surface area contributed by atoms with Gasteiger partial charge in [-0.2, -0.15) is 0 Å². The lowest BCUT2D eigenvalue weighted by molar-refractivity contribution is 0.362. The van der Waals surface area contributed by atoms with Crippen LogP contribution >= 0.6 is 0 Å². The summed E-state index contributed by atoms with van der Waals surface area (Å²) < 4.78 is 15.1. The zero-order valence-corrected chi connectivity index (χ0v) is 11.5. The summed E-state index contributed by atoms with van der Waals surface area (Å²) in [6.45, 7) is 14.0. The first kappa shape index (κ1) is 14.8. The summed E-state index contributed by atoms with van der Waals surface area (Å²) in [5.74, 6) is 0. The Kier molecular flexibility index (Phi) is 5.75. The van der Waals surface area contributed by atoms with Crippen LogP contribution in [0.3, 0.4) is 0 Å². The van der Waals surface area contributed by atoms with Crippen molar-refractivity contribution in [2.45, 2.75) is 64.2 Å². The van der Waals surface area contributed by atoms with Gasteiger partial charge in [0.1, 0.15) is 0 Å². The fourth-order valence-electron chi connectivity index (χ4n) is 1.35.